The third-order valence-electron chi connectivity index (χ3n) is 4.54. The van der Waals surface area contributed by atoms with E-state index in [2.05, 4.69) is 43.0 Å². The van der Waals surface area contributed by atoms with Crippen LogP contribution in [0.1, 0.15) is 36.6 Å². The molecule has 0 fully saturated rings. The second-order valence-electron chi connectivity index (χ2n) is 5.87. The number of hydrogen-bond donors (Lipinski definition) is 0. The van der Waals surface area contributed by atoms with Gasteiger partial charge in [0.25, 0.3) is 0 Å². The predicted molar refractivity (Wildman–Crippen MR) is 99.7 cm³/mol. The van der Waals surface area contributed by atoms with Crippen molar-refractivity contribution in [3.63, 3.8) is 0 Å². The molecule has 0 amide bonds. The normalized spacial score (nSPS) is 14.6. The number of aryl methyl sites for hydroxylation is 1. The highest BCUT2D eigenvalue weighted by Crippen LogP contribution is 2.25. The molecule has 1 aliphatic heterocycles. The number of pyridine rings is 1. The van der Waals surface area contributed by atoms with Gasteiger partial charge in [-0.3, -0.25) is 4.98 Å². The third kappa shape index (κ3) is 3.92. The lowest BCUT2D eigenvalue weighted by molar-refractivity contribution is 0.282. The Morgan fingerprint density at radius 2 is 1.82 bits per heavy atom. The van der Waals surface area contributed by atoms with Crippen molar-refractivity contribution >= 4 is 35.7 Å². The number of nitrogens with zero attached hydrogens (tertiary/aromatic N) is 2. The highest BCUT2D eigenvalue weighted by Gasteiger charge is 2.17. The van der Waals surface area contributed by atoms with E-state index in [1.807, 2.05) is 0 Å². The number of fused-ring (bicyclic) bond motifs is 2. The van der Waals surface area contributed by atoms with E-state index in [4.69, 9.17) is 4.98 Å². The third-order valence-corrected chi connectivity index (χ3v) is 4.54. The van der Waals surface area contributed by atoms with Crippen LogP contribution in [0.15, 0.2) is 24.3 Å². The van der Waals surface area contributed by atoms with Crippen LogP contribution < -0.4 is 0 Å². The summed E-state index contributed by atoms with van der Waals surface area (Å²) in [5.41, 5.74) is 5.44. The Kier molecular flexibility index (Phi) is 7.61. The lowest BCUT2D eigenvalue weighted by atomic mass is 9.99. The van der Waals surface area contributed by atoms with E-state index >= 15 is 0 Å². The van der Waals surface area contributed by atoms with Crippen molar-refractivity contribution in [1.29, 1.82) is 0 Å². The number of unbranched alkanes of at least 4 members (excludes halogenated alkanes) is 1. The van der Waals surface area contributed by atoms with Crippen LogP contribution in [0, 0.1) is 6.92 Å². The van der Waals surface area contributed by atoms with Crippen LogP contribution in [-0.4, -0.2) is 29.5 Å². The fourth-order valence-electron chi connectivity index (χ4n) is 3.27. The van der Waals surface area contributed by atoms with Gasteiger partial charge in [-0.25, -0.2) is 0 Å². The Hall–Kier alpha value is -0.830. The van der Waals surface area contributed by atoms with Crippen molar-refractivity contribution in [2.24, 2.45) is 0 Å². The van der Waals surface area contributed by atoms with E-state index in [1.54, 1.807) is 0 Å². The van der Waals surface area contributed by atoms with E-state index in [0.717, 1.165) is 24.9 Å². The van der Waals surface area contributed by atoms with Crippen LogP contribution in [0.2, 0.25) is 0 Å². The van der Waals surface area contributed by atoms with Gasteiger partial charge in [-0.1, -0.05) is 31.5 Å². The minimum atomic E-state index is 0. The van der Waals surface area contributed by atoms with Gasteiger partial charge in [0.05, 0.1) is 5.52 Å². The van der Waals surface area contributed by atoms with Gasteiger partial charge < -0.3 is 4.90 Å². The highest BCUT2D eigenvalue weighted by molar-refractivity contribution is 5.85. The van der Waals surface area contributed by atoms with Crippen LogP contribution >= 0.6 is 24.8 Å². The van der Waals surface area contributed by atoms with Gasteiger partial charge in [0.15, 0.2) is 0 Å². The van der Waals surface area contributed by atoms with Gasteiger partial charge in [0.1, 0.15) is 0 Å². The van der Waals surface area contributed by atoms with E-state index in [0.29, 0.717) is 0 Å². The topological polar surface area (TPSA) is 16.1 Å². The molecule has 0 saturated heterocycles. The van der Waals surface area contributed by atoms with Crippen molar-refractivity contribution < 1.29 is 0 Å². The minimum Gasteiger partial charge on any atom is -0.303 e. The van der Waals surface area contributed by atoms with Crippen LogP contribution in [0.25, 0.3) is 10.9 Å². The van der Waals surface area contributed by atoms with E-state index in [-0.39, 0.29) is 24.8 Å². The summed E-state index contributed by atoms with van der Waals surface area (Å²) in [5, 5.41) is 1.33. The average Bonchev–Trinajstić information content (AvgIpc) is 2.68. The molecule has 0 aliphatic carbocycles. The summed E-state index contributed by atoms with van der Waals surface area (Å²) in [7, 11) is 0. The maximum atomic E-state index is 4.92. The summed E-state index contributed by atoms with van der Waals surface area (Å²) in [6.07, 6.45) is 4.85. The summed E-state index contributed by atoms with van der Waals surface area (Å²) < 4.78 is 0. The van der Waals surface area contributed by atoms with Crippen molar-refractivity contribution in [2.75, 3.05) is 19.6 Å². The lowest BCUT2D eigenvalue weighted by Crippen LogP contribution is -2.27. The maximum absolute atomic E-state index is 4.92. The first-order valence-electron chi connectivity index (χ1n) is 7.89. The summed E-state index contributed by atoms with van der Waals surface area (Å²) in [4.78, 5) is 7.53. The highest BCUT2D eigenvalue weighted by atomic mass is 35.5. The number of rotatable bonds is 3. The zero-order valence-electron chi connectivity index (χ0n) is 13.5. The van der Waals surface area contributed by atoms with Crippen LogP contribution in [0.3, 0.4) is 0 Å². The Morgan fingerprint density at radius 1 is 1.09 bits per heavy atom. The number of aromatic nitrogens is 1. The van der Waals surface area contributed by atoms with Crippen LogP contribution in [0.4, 0.5) is 0 Å². The predicted octanol–water partition coefficient (Wildman–Crippen LogP) is 4.59. The van der Waals surface area contributed by atoms with Crippen molar-refractivity contribution in [3.05, 3.63) is 41.1 Å². The SMILES string of the molecule is CCCCN1CCc2nc3ccccc3c(C)c2CC1.Cl.Cl. The molecule has 0 N–H and O–H groups in total. The zero-order valence-corrected chi connectivity index (χ0v) is 15.1. The average molecular weight is 341 g/mol. The molecule has 0 bridgehead atoms. The van der Waals surface area contributed by atoms with Crippen LogP contribution in [-0.2, 0) is 12.8 Å². The van der Waals surface area contributed by atoms with Crippen LogP contribution in [0.5, 0.6) is 0 Å². The first-order valence-corrected chi connectivity index (χ1v) is 7.89. The fourth-order valence-corrected chi connectivity index (χ4v) is 3.27. The molecular formula is C18H26Cl2N2. The monoisotopic (exact) mass is 340 g/mol. The molecular weight excluding hydrogens is 315 g/mol. The fraction of sp³-hybridized carbons (Fsp3) is 0.500. The number of para-hydroxylation sites is 1. The lowest BCUT2D eigenvalue weighted by Gasteiger charge is -2.18. The standard InChI is InChI=1S/C18H24N2.2ClH/c1-3-4-11-20-12-9-16-14(2)15-7-5-6-8-17(15)19-18(16)10-13-20;;/h5-8H,3-4,9-13H2,1-2H3;2*1H. The summed E-state index contributed by atoms with van der Waals surface area (Å²) in [6, 6.07) is 8.55. The smallest absolute Gasteiger partial charge is 0.0708 e. The van der Waals surface area contributed by atoms with Gasteiger partial charge in [-0.15, -0.1) is 24.8 Å². The van der Waals surface area contributed by atoms with E-state index < -0.39 is 0 Å². The van der Waals surface area contributed by atoms with Gasteiger partial charge in [-0.05, 0) is 43.5 Å². The first kappa shape index (κ1) is 19.2. The molecule has 3 rings (SSSR count). The Morgan fingerprint density at radius 3 is 2.59 bits per heavy atom. The van der Waals surface area contributed by atoms with Gasteiger partial charge in [-0.2, -0.15) is 0 Å². The Bertz CT molecular complexity index is 613. The summed E-state index contributed by atoms with van der Waals surface area (Å²) in [5.74, 6) is 0. The van der Waals surface area contributed by atoms with Crippen molar-refractivity contribution in [3.8, 4) is 0 Å². The molecule has 2 nitrogen and oxygen atoms in total. The molecule has 0 atom stereocenters. The van der Waals surface area contributed by atoms with Gasteiger partial charge in [0, 0.05) is 30.6 Å². The molecule has 2 heterocycles. The largest absolute Gasteiger partial charge is 0.303 e. The van der Waals surface area contributed by atoms with Crippen molar-refractivity contribution in [2.45, 2.75) is 39.5 Å². The Balaban J connectivity index is 0.00000121. The van der Waals surface area contributed by atoms with E-state index in [9.17, 15) is 0 Å². The van der Waals surface area contributed by atoms with Crippen molar-refractivity contribution in [1.82, 2.24) is 9.88 Å². The first-order chi connectivity index (χ1) is 9.79. The summed E-state index contributed by atoms with van der Waals surface area (Å²) in [6.45, 7) is 8.13. The molecule has 0 saturated carbocycles. The quantitative estimate of drug-likeness (QED) is 0.812. The van der Waals surface area contributed by atoms with E-state index in [1.165, 1.54) is 48.1 Å². The van der Waals surface area contributed by atoms with Gasteiger partial charge in [0.2, 0.25) is 0 Å². The minimum absolute atomic E-state index is 0. The molecule has 0 unspecified atom stereocenters. The number of benzene rings is 1. The molecule has 122 valence electrons. The number of halogens is 2. The second kappa shape index (κ2) is 8.71. The molecule has 1 aliphatic rings. The molecule has 0 radical (unpaired) electrons. The molecule has 22 heavy (non-hydrogen) atoms. The maximum Gasteiger partial charge on any atom is 0.0708 e. The molecule has 0 spiro atoms. The summed E-state index contributed by atoms with van der Waals surface area (Å²) >= 11 is 0. The molecule has 1 aromatic carbocycles. The molecule has 2 aromatic rings. The number of hydrogen-bond acceptors (Lipinski definition) is 2. The zero-order chi connectivity index (χ0) is 13.9. The van der Waals surface area contributed by atoms with Gasteiger partial charge >= 0.3 is 0 Å². The second-order valence-corrected chi connectivity index (χ2v) is 5.87. The Labute approximate surface area is 146 Å². The molecule has 4 heteroatoms. The molecule has 1 aromatic heterocycles.